The minimum Gasteiger partial charge on any atom is -0.340 e. The third kappa shape index (κ3) is 4.92. The highest BCUT2D eigenvalue weighted by atomic mass is 32.1. The number of hydrogen-bond acceptors (Lipinski definition) is 6. The van der Waals surface area contributed by atoms with Crippen LogP contribution in [0.4, 0.5) is 0 Å². The van der Waals surface area contributed by atoms with Crippen LogP contribution in [-0.2, 0) is 13.1 Å². The van der Waals surface area contributed by atoms with E-state index in [0.29, 0.717) is 11.1 Å². The Bertz CT molecular complexity index is 1480. The van der Waals surface area contributed by atoms with Crippen LogP contribution in [0.1, 0.15) is 87.8 Å². The van der Waals surface area contributed by atoms with Crippen molar-refractivity contribution in [3.63, 3.8) is 0 Å². The molecule has 4 nitrogen and oxygen atoms in total. The molecule has 0 amide bonds. The van der Waals surface area contributed by atoms with E-state index < -0.39 is 0 Å². The zero-order chi connectivity index (χ0) is 28.9. The molecule has 0 unspecified atom stereocenters. The number of H-pyrrole nitrogens is 1. The van der Waals surface area contributed by atoms with Crippen molar-refractivity contribution in [3.8, 4) is 31.5 Å². The number of hydrogen-bond donors (Lipinski definition) is 3. The van der Waals surface area contributed by atoms with Gasteiger partial charge < -0.3 is 15.6 Å². The molecule has 8 saturated carbocycles. The molecule has 0 aromatic carbocycles. The van der Waals surface area contributed by atoms with E-state index in [1.165, 1.54) is 108 Å². The maximum Gasteiger partial charge on any atom is 0.120 e. The van der Waals surface area contributed by atoms with Crippen LogP contribution < -0.4 is 10.6 Å². The molecule has 0 spiro atoms. The Balaban J connectivity index is 0.783. The van der Waals surface area contributed by atoms with Gasteiger partial charge >= 0.3 is 0 Å². The smallest absolute Gasteiger partial charge is 0.120 e. The second kappa shape index (κ2) is 10.4. The van der Waals surface area contributed by atoms with Crippen LogP contribution in [-0.4, -0.2) is 21.0 Å². The summed E-state index contributed by atoms with van der Waals surface area (Å²) >= 11 is 5.69. The van der Waals surface area contributed by atoms with Gasteiger partial charge in [0.25, 0.3) is 0 Å². The van der Waals surface area contributed by atoms with Crippen molar-refractivity contribution in [3.05, 3.63) is 51.9 Å². The number of thiophene rings is 3. The SMILES string of the molecule is c1sc(CNC23CC4CC(CC(C4)C2)C3)cc1-c1cc(-c2ccc(-c3cnc(CNC45CC6CC(CC(C6)C4)C5)[nH]3)s2)cs1. The summed E-state index contributed by atoms with van der Waals surface area (Å²) in [5, 5.41) is 12.8. The first-order chi connectivity index (χ1) is 21.5. The van der Waals surface area contributed by atoms with Gasteiger partial charge in [-0.1, -0.05) is 0 Å². The Morgan fingerprint density at radius 1 is 0.659 bits per heavy atom. The van der Waals surface area contributed by atoms with Crippen molar-refractivity contribution in [2.75, 3.05) is 0 Å². The number of imidazole rings is 1. The zero-order valence-corrected chi connectivity index (χ0v) is 28.0. The van der Waals surface area contributed by atoms with E-state index in [0.717, 1.165) is 60.1 Å². The van der Waals surface area contributed by atoms with Crippen molar-refractivity contribution >= 4 is 34.0 Å². The highest BCUT2D eigenvalue weighted by Gasteiger charge is 2.51. The molecule has 230 valence electrons. The second-order valence-electron chi connectivity index (χ2n) is 16.0. The summed E-state index contributed by atoms with van der Waals surface area (Å²) in [5.74, 6) is 6.98. The monoisotopic (exact) mass is 640 g/mol. The van der Waals surface area contributed by atoms with Gasteiger partial charge in [0.2, 0.25) is 0 Å². The predicted molar refractivity (Wildman–Crippen MR) is 184 cm³/mol. The van der Waals surface area contributed by atoms with Crippen LogP contribution >= 0.6 is 34.0 Å². The van der Waals surface area contributed by atoms with E-state index in [-0.39, 0.29) is 0 Å². The average molecular weight is 641 g/mol. The molecule has 8 bridgehead atoms. The summed E-state index contributed by atoms with van der Waals surface area (Å²) in [4.78, 5) is 13.9. The van der Waals surface area contributed by atoms with Gasteiger partial charge in [-0.05, 0) is 142 Å². The Kier molecular flexibility index (Phi) is 6.44. The molecule has 8 aliphatic carbocycles. The standard InChI is InChI=1S/C37H44N4S3/c1-2-33(31-18-38-35(41-31)19-40-37-14-25-6-26(15-37)8-27(7-25)16-37)44-32(1)29-10-34(43-21-29)28-9-30(42-20-28)17-39-36-11-22-3-23(12-36)5-24(4-22)13-36/h1-2,9-10,18,20-27,39-40H,3-8,11-17,19H2,(H,38,41). The minimum atomic E-state index is 0.378. The maximum absolute atomic E-state index is 4.79. The summed E-state index contributed by atoms with van der Waals surface area (Å²) in [6.45, 7) is 1.90. The molecule has 4 aromatic heterocycles. The molecule has 7 heteroatoms. The van der Waals surface area contributed by atoms with Crippen molar-refractivity contribution in [1.29, 1.82) is 0 Å². The molecule has 8 aliphatic rings. The lowest BCUT2D eigenvalue weighted by molar-refractivity contribution is -0.0209. The first kappa shape index (κ1) is 27.4. The fraction of sp³-hybridized carbons (Fsp3) is 0.595. The Morgan fingerprint density at radius 2 is 1.20 bits per heavy atom. The van der Waals surface area contributed by atoms with Gasteiger partial charge in [-0.15, -0.1) is 34.0 Å². The number of rotatable bonds is 9. The molecule has 3 N–H and O–H groups in total. The summed E-state index contributed by atoms with van der Waals surface area (Å²) in [6.07, 6.45) is 19.5. The third-order valence-corrected chi connectivity index (χ3v) is 15.8. The number of aromatic amines is 1. The molecular formula is C37H44N4S3. The molecule has 4 aromatic rings. The molecule has 44 heavy (non-hydrogen) atoms. The van der Waals surface area contributed by atoms with Gasteiger partial charge in [-0.3, -0.25) is 0 Å². The fourth-order valence-electron chi connectivity index (χ4n) is 11.6. The van der Waals surface area contributed by atoms with Gasteiger partial charge in [-0.25, -0.2) is 4.98 Å². The summed E-state index contributed by atoms with van der Waals surface area (Å²) in [5.41, 5.74) is 4.68. The quantitative estimate of drug-likeness (QED) is 0.171. The lowest BCUT2D eigenvalue weighted by Crippen LogP contribution is -2.58. The minimum absolute atomic E-state index is 0.378. The van der Waals surface area contributed by atoms with E-state index in [2.05, 4.69) is 50.6 Å². The van der Waals surface area contributed by atoms with Gasteiger partial charge in [-0.2, -0.15) is 0 Å². The molecule has 0 aliphatic heterocycles. The van der Waals surface area contributed by atoms with Gasteiger partial charge in [0, 0.05) is 48.8 Å². The molecule has 12 rings (SSSR count). The molecule has 0 atom stereocenters. The lowest BCUT2D eigenvalue weighted by Gasteiger charge is -2.57. The largest absolute Gasteiger partial charge is 0.340 e. The van der Waals surface area contributed by atoms with Crippen LogP contribution in [0.25, 0.3) is 31.5 Å². The number of nitrogens with zero attached hydrogens (tertiary/aromatic N) is 1. The van der Waals surface area contributed by atoms with E-state index >= 15 is 0 Å². The Morgan fingerprint density at radius 3 is 1.84 bits per heavy atom. The normalized spacial score (nSPS) is 36.5. The zero-order valence-electron chi connectivity index (χ0n) is 25.6. The van der Waals surface area contributed by atoms with Crippen molar-refractivity contribution in [2.24, 2.45) is 35.5 Å². The molecule has 0 radical (unpaired) electrons. The van der Waals surface area contributed by atoms with Crippen molar-refractivity contribution in [2.45, 2.75) is 101 Å². The average Bonchev–Trinajstić information content (AvgIpc) is 3.80. The van der Waals surface area contributed by atoms with E-state index in [1.54, 1.807) is 0 Å². The van der Waals surface area contributed by atoms with E-state index in [4.69, 9.17) is 4.98 Å². The Hall–Kier alpha value is -1.77. The van der Waals surface area contributed by atoms with Crippen LogP contribution in [0.15, 0.2) is 41.2 Å². The summed E-state index contributed by atoms with van der Waals surface area (Å²) in [6, 6.07) is 9.39. The van der Waals surface area contributed by atoms with Crippen LogP contribution in [0.3, 0.4) is 0 Å². The number of nitrogens with one attached hydrogen (secondary N) is 3. The first-order valence-electron chi connectivity index (χ1n) is 17.3. The summed E-state index contributed by atoms with van der Waals surface area (Å²) < 4.78 is 0. The number of aromatic nitrogens is 2. The highest BCUT2D eigenvalue weighted by molar-refractivity contribution is 7.19. The topological polar surface area (TPSA) is 52.7 Å². The first-order valence-corrected chi connectivity index (χ1v) is 19.9. The summed E-state index contributed by atoms with van der Waals surface area (Å²) in [7, 11) is 0. The molecule has 4 heterocycles. The molecule has 0 saturated heterocycles. The van der Waals surface area contributed by atoms with Crippen molar-refractivity contribution in [1.82, 2.24) is 20.6 Å². The Labute approximate surface area is 273 Å². The third-order valence-electron chi connectivity index (χ3n) is 12.7. The van der Waals surface area contributed by atoms with Crippen LogP contribution in [0.2, 0.25) is 0 Å². The predicted octanol–water partition coefficient (Wildman–Crippen LogP) is 9.71. The highest BCUT2D eigenvalue weighted by Crippen LogP contribution is 2.57. The van der Waals surface area contributed by atoms with Gasteiger partial charge in [0.05, 0.1) is 23.3 Å². The fourth-order valence-corrected chi connectivity index (χ4v) is 14.5. The van der Waals surface area contributed by atoms with Crippen molar-refractivity contribution < 1.29 is 0 Å². The van der Waals surface area contributed by atoms with Crippen LogP contribution in [0, 0.1) is 35.5 Å². The van der Waals surface area contributed by atoms with Gasteiger partial charge in [0.1, 0.15) is 5.82 Å². The second-order valence-corrected chi connectivity index (χ2v) is 19.0. The lowest BCUT2D eigenvalue weighted by atomic mass is 9.53. The van der Waals surface area contributed by atoms with E-state index in [1.807, 2.05) is 40.2 Å². The molecule has 8 fully saturated rings. The van der Waals surface area contributed by atoms with E-state index in [9.17, 15) is 0 Å². The van der Waals surface area contributed by atoms with Crippen LogP contribution in [0.5, 0.6) is 0 Å². The molecular weight excluding hydrogens is 597 g/mol. The maximum atomic E-state index is 4.79. The van der Waals surface area contributed by atoms with Gasteiger partial charge in [0.15, 0.2) is 0 Å².